The second-order valence-electron chi connectivity index (χ2n) is 6.53. The molecule has 0 bridgehead atoms. The SMILES string of the molecule is CC(=O)c1ccc(NC(=O)c2ccccc2-c2ncc(-c3ccccc3)o2)cc1. The van der Waals surface area contributed by atoms with Crippen molar-refractivity contribution in [2.24, 2.45) is 0 Å². The fourth-order valence-corrected chi connectivity index (χ4v) is 2.99. The van der Waals surface area contributed by atoms with Gasteiger partial charge in [-0.3, -0.25) is 9.59 Å². The third-order valence-electron chi connectivity index (χ3n) is 4.52. The maximum atomic E-state index is 12.9. The van der Waals surface area contributed by atoms with Crippen molar-refractivity contribution in [1.29, 1.82) is 0 Å². The summed E-state index contributed by atoms with van der Waals surface area (Å²) in [6.45, 7) is 1.50. The van der Waals surface area contributed by atoms with Gasteiger partial charge in [0, 0.05) is 22.4 Å². The van der Waals surface area contributed by atoms with E-state index in [0.29, 0.717) is 34.0 Å². The molecule has 142 valence electrons. The van der Waals surface area contributed by atoms with Gasteiger partial charge >= 0.3 is 0 Å². The first-order valence-corrected chi connectivity index (χ1v) is 9.15. The lowest BCUT2D eigenvalue weighted by molar-refractivity contribution is 0.101. The number of Topliss-reactive ketones (excluding diaryl/α,β-unsaturated/α-hetero) is 1. The summed E-state index contributed by atoms with van der Waals surface area (Å²) in [5, 5.41) is 2.85. The summed E-state index contributed by atoms with van der Waals surface area (Å²) in [5.41, 5.74) is 3.17. The van der Waals surface area contributed by atoms with E-state index in [1.807, 2.05) is 36.4 Å². The minimum atomic E-state index is -0.282. The predicted molar refractivity (Wildman–Crippen MR) is 112 cm³/mol. The molecule has 0 radical (unpaired) electrons. The summed E-state index contributed by atoms with van der Waals surface area (Å²) in [6, 6.07) is 23.6. The van der Waals surface area contributed by atoms with Gasteiger partial charge in [-0.05, 0) is 43.3 Å². The van der Waals surface area contributed by atoms with E-state index in [2.05, 4.69) is 10.3 Å². The first kappa shape index (κ1) is 18.4. The van der Waals surface area contributed by atoms with E-state index in [1.165, 1.54) is 6.92 Å². The highest BCUT2D eigenvalue weighted by molar-refractivity contribution is 6.08. The maximum Gasteiger partial charge on any atom is 0.256 e. The number of anilines is 1. The molecular formula is C24H18N2O3. The van der Waals surface area contributed by atoms with E-state index in [9.17, 15) is 9.59 Å². The van der Waals surface area contributed by atoms with Crippen molar-refractivity contribution < 1.29 is 14.0 Å². The average Bonchev–Trinajstić information content (AvgIpc) is 3.25. The van der Waals surface area contributed by atoms with Gasteiger partial charge in [0.1, 0.15) is 0 Å². The number of nitrogens with zero attached hydrogens (tertiary/aromatic N) is 1. The summed E-state index contributed by atoms with van der Waals surface area (Å²) in [4.78, 5) is 28.6. The van der Waals surface area contributed by atoms with Gasteiger partial charge in [0.25, 0.3) is 5.91 Å². The zero-order valence-corrected chi connectivity index (χ0v) is 15.8. The quantitative estimate of drug-likeness (QED) is 0.465. The summed E-state index contributed by atoms with van der Waals surface area (Å²) < 4.78 is 5.91. The van der Waals surface area contributed by atoms with Crippen LogP contribution in [0.15, 0.2) is 89.5 Å². The molecule has 1 heterocycles. The Bertz CT molecular complexity index is 1160. The molecule has 4 aromatic rings. The average molecular weight is 382 g/mol. The predicted octanol–water partition coefficient (Wildman–Crippen LogP) is 5.46. The fraction of sp³-hybridized carbons (Fsp3) is 0.0417. The van der Waals surface area contributed by atoms with Crippen molar-refractivity contribution in [1.82, 2.24) is 4.98 Å². The van der Waals surface area contributed by atoms with Crippen LogP contribution in [0.1, 0.15) is 27.6 Å². The van der Waals surface area contributed by atoms with Crippen LogP contribution in [-0.2, 0) is 0 Å². The molecule has 3 aromatic carbocycles. The van der Waals surface area contributed by atoms with Gasteiger partial charge in [0.05, 0.1) is 11.8 Å². The second kappa shape index (κ2) is 7.94. The van der Waals surface area contributed by atoms with Crippen LogP contribution in [0.5, 0.6) is 0 Å². The summed E-state index contributed by atoms with van der Waals surface area (Å²) >= 11 is 0. The highest BCUT2D eigenvalue weighted by Gasteiger charge is 2.17. The molecule has 5 heteroatoms. The Morgan fingerprint density at radius 1 is 0.862 bits per heavy atom. The van der Waals surface area contributed by atoms with Crippen LogP contribution in [0.2, 0.25) is 0 Å². The normalized spacial score (nSPS) is 10.5. The van der Waals surface area contributed by atoms with Crippen molar-refractivity contribution in [2.75, 3.05) is 5.32 Å². The summed E-state index contributed by atoms with van der Waals surface area (Å²) in [6.07, 6.45) is 1.65. The number of nitrogens with one attached hydrogen (secondary N) is 1. The van der Waals surface area contributed by atoms with Crippen LogP contribution in [0.4, 0.5) is 5.69 Å². The highest BCUT2D eigenvalue weighted by Crippen LogP contribution is 2.28. The molecule has 1 amide bonds. The monoisotopic (exact) mass is 382 g/mol. The molecule has 0 aliphatic heterocycles. The minimum absolute atomic E-state index is 0.0219. The van der Waals surface area contributed by atoms with Crippen LogP contribution in [0.3, 0.4) is 0 Å². The standard InChI is InChI=1S/C24H18N2O3/c1-16(27)17-11-13-19(14-12-17)26-23(28)20-9-5-6-10-21(20)24-25-15-22(29-24)18-7-3-2-4-8-18/h2-15H,1H3,(H,26,28). The largest absolute Gasteiger partial charge is 0.436 e. The van der Waals surface area contributed by atoms with Crippen molar-refractivity contribution in [3.63, 3.8) is 0 Å². The minimum Gasteiger partial charge on any atom is -0.436 e. The number of amides is 1. The van der Waals surface area contributed by atoms with Crippen molar-refractivity contribution in [3.8, 4) is 22.8 Å². The molecular weight excluding hydrogens is 364 g/mol. The Morgan fingerprint density at radius 3 is 2.28 bits per heavy atom. The first-order chi connectivity index (χ1) is 14.1. The molecule has 0 aliphatic rings. The van der Waals surface area contributed by atoms with E-state index in [-0.39, 0.29) is 11.7 Å². The highest BCUT2D eigenvalue weighted by atomic mass is 16.4. The van der Waals surface area contributed by atoms with E-state index < -0.39 is 0 Å². The second-order valence-corrected chi connectivity index (χ2v) is 6.53. The molecule has 1 N–H and O–H groups in total. The smallest absolute Gasteiger partial charge is 0.256 e. The van der Waals surface area contributed by atoms with Crippen LogP contribution < -0.4 is 5.32 Å². The Balaban J connectivity index is 1.61. The zero-order valence-electron chi connectivity index (χ0n) is 15.8. The Morgan fingerprint density at radius 2 is 1.55 bits per heavy atom. The lowest BCUT2D eigenvalue weighted by Crippen LogP contribution is -2.13. The lowest BCUT2D eigenvalue weighted by Gasteiger charge is -2.08. The van der Waals surface area contributed by atoms with E-state index in [0.717, 1.165) is 5.56 Å². The molecule has 0 spiro atoms. The maximum absolute atomic E-state index is 12.9. The van der Waals surface area contributed by atoms with Gasteiger partial charge in [-0.1, -0.05) is 42.5 Å². The number of benzene rings is 3. The lowest BCUT2D eigenvalue weighted by atomic mass is 10.1. The molecule has 0 saturated heterocycles. The van der Waals surface area contributed by atoms with Crippen molar-refractivity contribution in [2.45, 2.75) is 6.92 Å². The van der Waals surface area contributed by atoms with E-state index in [4.69, 9.17) is 4.42 Å². The summed E-state index contributed by atoms with van der Waals surface area (Å²) in [7, 11) is 0. The van der Waals surface area contributed by atoms with Gasteiger partial charge in [-0.25, -0.2) is 4.98 Å². The molecule has 0 atom stereocenters. The van der Waals surface area contributed by atoms with Gasteiger partial charge < -0.3 is 9.73 Å². The number of hydrogen-bond acceptors (Lipinski definition) is 4. The molecule has 0 unspecified atom stereocenters. The van der Waals surface area contributed by atoms with Crippen LogP contribution in [0, 0.1) is 0 Å². The van der Waals surface area contributed by atoms with Gasteiger partial charge in [0.15, 0.2) is 11.5 Å². The van der Waals surface area contributed by atoms with E-state index >= 15 is 0 Å². The van der Waals surface area contributed by atoms with Gasteiger partial charge in [-0.15, -0.1) is 0 Å². The molecule has 4 rings (SSSR count). The topological polar surface area (TPSA) is 72.2 Å². The molecule has 0 saturated carbocycles. The Hall–Kier alpha value is -3.99. The zero-order chi connectivity index (χ0) is 20.2. The number of carbonyl (C=O) groups is 2. The Labute approximate surface area is 168 Å². The third-order valence-corrected chi connectivity index (χ3v) is 4.52. The van der Waals surface area contributed by atoms with Gasteiger partial charge in [0.2, 0.25) is 5.89 Å². The molecule has 1 aromatic heterocycles. The number of ketones is 1. The Kier molecular flexibility index (Phi) is 5.03. The van der Waals surface area contributed by atoms with Crippen LogP contribution in [-0.4, -0.2) is 16.7 Å². The molecule has 29 heavy (non-hydrogen) atoms. The number of hydrogen-bond donors (Lipinski definition) is 1. The van der Waals surface area contributed by atoms with Gasteiger partial charge in [-0.2, -0.15) is 0 Å². The third kappa shape index (κ3) is 3.99. The number of aromatic nitrogens is 1. The van der Waals surface area contributed by atoms with E-state index in [1.54, 1.807) is 48.7 Å². The summed E-state index contributed by atoms with van der Waals surface area (Å²) in [5.74, 6) is 0.708. The molecule has 0 fully saturated rings. The molecule has 5 nitrogen and oxygen atoms in total. The van der Waals surface area contributed by atoms with Crippen LogP contribution >= 0.6 is 0 Å². The first-order valence-electron chi connectivity index (χ1n) is 9.15. The number of oxazole rings is 1. The van der Waals surface area contributed by atoms with Crippen molar-refractivity contribution >= 4 is 17.4 Å². The van der Waals surface area contributed by atoms with Crippen LogP contribution in [0.25, 0.3) is 22.8 Å². The van der Waals surface area contributed by atoms with Crippen molar-refractivity contribution in [3.05, 3.63) is 96.2 Å². The number of rotatable bonds is 5. The molecule has 0 aliphatic carbocycles. The fourth-order valence-electron chi connectivity index (χ4n) is 2.99. The number of carbonyl (C=O) groups excluding carboxylic acids is 2.